The van der Waals surface area contributed by atoms with Gasteiger partial charge in [-0.15, -0.1) is 0 Å². The molecule has 0 aromatic heterocycles. The molecule has 0 aliphatic carbocycles. The van der Waals surface area contributed by atoms with E-state index in [2.05, 4.69) is 6.92 Å². The molecule has 0 saturated carbocycles. The van der Waals surface area contributed by atoms with Crippen molar-refractivity contribution in [2.45, 2.75) is 130 Å². The third-order valence-corrected chi connectivity index (χ3v) is 9.28. The fourth-order valence-corrected chi connectivity index (χ4v) is 6.37. The number of thioether (sulfide) groups is 1. The molecule has 41 heavy (non-hydrogen) atoms. The topological polar surface area (TPSA) is 78.0 Å². The number of Topliss-reactive ketones (excluding diaryl/α,β-unsaturated/α-hetero) is 2. The predicted octanol–water partition coefficient (Wildman–Crippen LogP) is 7.09. The molecular weight excluding hydrogens is 575 g/mol. The van der Waals surface area contributed by atoms with Crippen molar-refractivity contribution in [2.75, 3.05) is 31.9 Å². The van der Waals surface area contributed by atoms with Crippen molar-refractivity contribution < 1.29 is 19.2 Å². The smallest absolute Gasteiger partial charge is 0.248 e. The second kappa shape index (κ2) is 23.1. The highest BCUT2D eigenvalue weighted by molar-refractivity contribution is 8.23. The molecule has 0 radical (unpaired) electrons. The summed E-state index contributed by atoms with van der Waals surface area (Å²) in [4.78, 5) is 50.3. The van der Waals surface area contributed by atoms with Crippen LogP contribution in [0.15, 0.2) is 0 Å². The van der Waals surface area contributed by atoms with Crippen molar-refractivity contribution in [3.05, 3.63) is 0 Å². The Kier molecular flexibility index (Phi) is 21.2. The lowest BCUT2D eigenvalue weighted by Crippen LogP contribution is -2.39. The minimum atomic E-state index is 0.0385. The zero-order chi connectivity index (χ0) is 30.5. The predicted molar refractivity (Wildman–Crippen MR) is 178 cm³/mol. The normalized spacial score (nSPS) is 15.4. The quantitative estimate of drug-likeness (QED) is 0.0986. The lowest BCUT2D eigenvalue weighted by molar-refractivity contribution is -0.127. The number of thiocarbonyl (C=S) groups is 2. The van der Waals surface area contributed by atoms with Crippen LogP contribution in [0, 0.1) is 0 Å². The first kappa shape index (κ1) is 37.6. The Hall–Kier alpha value is -1.39. The summed E-state index contributed by atoms with van der Waals surface area (Å²) >= 11 is 11.9. The summed E-state index contributed by atoms with van der Waals surface area (Å²) in [7, 11) is 0. The highest BCUT2D eigenvalue weighted by Crippen LogP contribution is 2.19. The summed E-state index contributed by atoms with van der Waals surface area (Å²) in [5, 5.41) is 0.612. The number of carbonyl (C=O) groups excluding carboxylic acids is 4. The van der Waals surface area contributed by atoms with Crippen LogP contribution in [0.1, 0.15) is 130 Å². The van der Waals surface area contributed by atoms with Crippen LogP contribution in [0.2, 0.25) is 0 Å². The molecule has 0 atom stereocenters. The molecule has 2 aliphatic rings. The Morgan fingerprint density at radius 3 is 1.61 bits per heavy atom. The van der Waals surface area contributed by atoms with Gasteiger partial charge in [-0.2, -0.15) is 0 Å². The van der Waals surface area contributed by atoms with E-state index in [-0.39, 0.29) is 23.4 Å². The van der Waals surface area contributed by atoms with Gasteiger partial charge in [-0.3, -0.25) is 29.0 Å². The number of amides is 2. The molecule has 2 fully saturated rings. The molecule has 2 heterocycles. The summed E-state index contributed by atoms with van der Waals surface area (Å²) in [6, 6.07) is 0. The zero-order valence-corrected chi connectivity index (χ0v) is 28.2. The first-order valence-corrected chi connectivity index (χ1v) is 17.5. The maximum Gasteiger partial charge on any atom is 0.248 e. The van der Waals surface area contributed by atoms with Gasteiger partial charge < -0.3 is 4.90 Å². The maximum absolute atomic E-state index is 12.0. The van der Waals surface area contributed by atoms with E-state index in [0.717, 1.165) is 18.7 Å². The number of hydrogen-bond acceptors (Lipinski definition) is 7. The van der Waals surface area contributed by atoms with E-state index in [1.165, 1.54) is 107 Å². The molecule has 0 unspecified atom stereocenters. The molecule has 0 aromatic rings. The van der Waals surface area contributed by atoms with Gasteiger partial charge in [0.05, 0.1) is 6.54 Å². The van der Waals surface area contributed by atoms with E-state index >= 15 is 0 Å². The molecule has 7 nitrogen and oxygen atoms in total. The van der Waals surface area contributed by atoms with Crippen molar-refractivity contribution in [1.29, 1.82) is 0 Å². The van der Waals surface area contributed by atoms with Crippen LogP contribution in [-0.4, -0.2) is 79.4 Å². The minimum Gasteiger partial charge on any atom is -0.339 e. The summed E-state index contributed by atoms with van der Waals surface area (Å²) in [6.07, 6.45) is 20.2. The SMILES string of the molecule is CC(=O)CCN1C(=O)CCSC1=S.CCCCCCCCCCCCCCCCN1CC(=O)N(CCC(C)=O)C1=S. The average Bonchev–Trinajstić information content (AvgIpc) is 3.19. The number of carbonyl (C=O) groups is 4. The van der Waals surface area contributed by atoms with Crippen LogP contribution in [0.25, 0.3) is 0 Å². The largest absolute Gasteiger partial charge is 0.339 e. The van der Waals surface area contributed by atoms with Gasteiger partial charge >= 0.3 is 0 Å². The molecule has 0 aromatic carbocycles. The first-order chi connectivity index (χ1) is 19.7. The molecule has 10 heteroatoms. The fraction of sp³-hybridized carbons (Fsp3) is 0.806. The Balaban J connectivity index is 0.000000537. The second-order valence-corrected chi connectivity index (χ2v) is 13.3. The number of hydrogen-bond donors (Lipinski definition) is 0. The lowest BCUT2D eigenvalue weighted by Gasteiger charge is -2.26. The Labute approximate surface area is 263 Å². The van der Waals surface area contributed by atoms with Crippen LogP contribution in [-0.2, 0) is 19.2 Å². The maximum atomic E-state index is 12.0. The third-order valence-electron chi connectivity index (χ3n) is 7.35. The third kappa shape index (κ3) is 17.4. The van der Waals surface area contributed by atoms with E-state index in [0.29, 0.717) is 48.3 Å². The van der Waals surface area contributed by atoms with Gasteiger partial charge in [0.1, 0.15) is 15.9 Å². The summed E-state index contributed by atoms with van der Waals surface area (Å²) < 4.78 is 0.609. The zero-order valence-electron chi connectivity index (χ0n) is 25.8. The molecule has 0 bridgehead atoms. The lowest BCUT2D eigenvalue weighted by atomic mass is 10.0. The molecular formula is C31H53N3O4S3. The Bertz CT molecular complexity index is 836. The van der Waals surface area contributed by atoms with Gasteiger partial charge in [0, 0.05) is 44.6 Å². The first-order valence-electron chi connectivity index (χ1n) is 15.7. The van der Waals surface area contributed by atoms with Crippen LogP contribution in [0.4, 0.5) is 0 Å². The van der Waals surface area contributed by atoms with Gasteiger partial charge in [-0.25, -0.2) is 0 Å². The molecule has 2 amide bonds. The van der Waals surface area contributed by atoms with Crippen molar-refractivity contribution in [3.63, 3.8) is 0 Å². The minimum absolute atomic E-state index is 0.0385. The summed E-state index contributed by atoms with van der Waals surface area (Å²) in [6.45, 7) is 7.46. The molecule has 2 saturated heterocycles. The summed E-state index contributed by atoms with van der Waals surface area (Å²) in [5.74, 6) is 1.04. The van der Waals surface area contributed by atoms with E-state index in [9.17, 15) is 19.2 Å². The Morgan fingerprint density at radius 1 is 0.683 bits per heavy atom. The second-order valence-electron chi connectivity index (χ2n) is 11.2. The number of nitrogens with zero attached hydrogens (tertiary/aromatic N) is 3. The average molecular weight is 628 g/mol. The number of rotatable bonds is 21. The van der Waals surface area contributed by atoms with Crippen molar-refractivity contribution in [1.82, 2.24) is 14.7 Å². The summed E-state index contributed by atoms with van der Waals surface area (Å²) in [5.41, 5.74) is 0. The number of ketones is 2. The fourth-order valence-electron chi connectivity index (χ4n) is 4.78. The van der Waals surface area contributed by atoms with Gasteiger partial charge in [0.25, 0.3) is 0 Å². The monoisotopic (exact) mass is 627 g/mol. The Morgan fingerprint density at radius 2 is 1.15 bits per heavy atom. The van der Waals surface area contributed by atoms with E-state index < -0.39 is 0 Å². The van der Waals surface area contributed by atoms with Crippen LogP contribution < -0.4 is 0 Å². The molecule has 0 spiro atoms. The standard InChI is InChI=1S/C23H42N2O2S.C8H11NO2S2/c1-3-4-5-6-7-8-9-10-11-12-13-14-15-16-18-24-20-22(27)25(23(24)28)19-17-21(2)26;1-6(10)2-4-9-7(11)3-5-13-8(9)12/h3-20H2,1-2H3;2-5H2,1H3. The molecule has 234 valence electrons. The van der Waals surface area contributed by atoms with Crippen LogP contribution in [0.5, 0.6) is 0 Å². The van der Waals surface area contributed by atoms with Gasteiger partial charge in [-0.05, 0) is 32.5 Å². The van der Waals surface area contributed by atoms with E-state index in [1.807, 2.05) is 4.90 Å². The van der Waals surface area contributed by atoms with Crippen molar-refractivity contribution in [2.24, 2.45) is 0 Å². The van der Waals surface area contributed by atoms with Gasteiger partial charge in [-0.1, -0.05) is 114 Å². The highest BCUT2D eigenvalue weighted by atomic mass is 32.2. The van der Waals surface area contributed by atoms with Crippen molar-refractivity contribution >= 4 is 69.0 Å². The highest BCUT2D eigenvalue weighted by Gasteiger charge is 2.31. The molecule has 0 N–H and O–H groups in total. The van der Waals surface area contributed by atoms with Crippen LogP contribution >= 0.6 is 36.2 Å². The molecule has 2 aliphatic heterocycles. The van der Waals surface area contributed by atoms with Gasteiger partial charge in [0.15, 0.2) is 5.11 Å². The number of unbranched alkanes of at least 4 members (excludes halogenated alkanes) is 13. The van der Waals surface area contributed by atoms with Crippen LogP contribution in [0.3, 0.4) is 0 Å². The van der Waals surface area contributed by atoms with Gasteiger partial charge in [0.2, 0.25) is 11.8 Å². The molecule has 2 rings (SSSR count). The van der Waals surface area contributed by atoms with E-state index in [4.69, 9.17) is 24.4 Å². The van der Waals surface area contributed by atoms with Crippen molar-refractivity contribution in [3.8, 4) is 0 Å². The van der Waals surface area contributed by atoms with E-state index in [1.54, 1.807) is 11.8 Å².